The summed E-state index contributed by atoms with van der Waals surface area (Å²) in [7, 11) is 0. The fourth-order valence-electron chi connectivity index (χ4n) is 0.688. The minimum absolute atomic E-state index is 0.0191. The smallest absolute Gasteiger partial charge is 0.374 e. The largest absolute Gasteiger partial charge is 0.460 e. The number of ether oxygens (including phenoxy) is 2. The SMILES string of the molecule is CCOC(=O)C(OC(C)=O)=C(C)C. The number of esters is 2. The Bertz CT molecular complexity index is 236. The molecule has 0 aliphatic heterocycles. The van der Waals surface area contributed by atoms with Crippen LogP contribution in [0.5, 0.6) is 0 Å². The number of carbonyl (C=O) groups excluding carboxylic acids is 2. The van der Waals surface area contributed by atoms with E-state index < -0.39 is 11.9 Å². The maximum atomic E-state index is 11.2. The van der Waals surface area contributed by atoms with E-state index in [2.05, 4.69) is 0 Å². The third-order valence-corrected chi connectivity index (χ3v) is 1.16. The Balaban J connectivity index is 4.54. The van der Waals surface area contributed by atoms with Crippen molar-refractivity contribution in [1.29, 1.82) is 0 Å². The van der Waals surface area contributed by atoms with Crippen LogP contribution in [0.1, 0.15) is 27.7 Å². The highest BCUT2D eigenvalue weighted by atomic mass is 16.6. The molecule has 0 saturated carbocycles. The molecule has 0 rings (SSSR count). The molecule has 0 amide bonds. The highest BCUT2D eigenvalue weighted by molar-refractivity contribution is 5.89. The lowest BCUT2D eigenvalue weighted by molar-refractivity contribution is -0.150. The van der Waals surface area contributed by atoms with Crippen LogP contribution in [0.25, 0.3) is 0 Å². The Morgan fingerprint density at radius 3 is 2.00 bits per heavy atom. The highest BCUT2D eigenvalue weighted by Crippen LogP contribution is 2.07. The molecule has 0 aromatic rings. The van der Waals surface area contributed by atoms with Gasteiger partial charge in [-0.1, -0.05) is 0 Å². The molecule has 0 aliphatic carbocycles. The Morgan fingerprint density at radius 2 is 1.69 bits per heavy atom. The van der Waals surface area contributed by atoms with E-state index in [1.54, 1.807) is 20.8 Å². The maximum absolute atomic E-state index is 11.2. The molecule has 0 N–H and O–H groups in total. The summed E-state index contributed by atoms with van der Waals surface area (Å²) in [4.78, 5) is 21.8. The second-order valence-electron chi connectivity index (χ2n) is 2.64. The third kappa shape index (κ3) is 4.30. The standard InChI is InChI=1S/C9H14O4/c1-5-12-9(11)8(6(2)3)13-7(4)10/h5H2,1-4H3. The van der Waals surface area contributed by atoms with Gasteiger partial charge in [0.2, 0.25) is 5.76 Å². The van der Waals surface area contributed by atoms with Crippen LogP contribution in [0.3, 0.4) is 0 Å². The zero-order valence-corrected chi connectivity index (χ0v) is 8.34. The Hall–Kier alpha value is -1.32. The van der Waals surface area contributed by atoms with Gasteiger partial charge in [0.15, 0.2) is 0 Å². The average molecular weight is 186 g/mol. The lowest BCUT2D eigenvalue weighted by atomic mass is 10.3. The van der Waals surface area contributed by atoms with E-state index in [4.69, 9.17) is 9.47 Å². The summed E-state index contributed by atoms with van der Waals surface area (Å²) in [5.74, 6) is -1.14. The summed E-state index contributed by atoms with van der Waals surface area (Å²) in [6.07, 6.45) is 0. The monoisotopic (exact) mass is 186 g/mol. The number of allylic oxidation sites excluding steroid dienone is 1. The van der Waals surface area contributed by atoms with E-state index in [-0.39, 0.29) is 12.4 Å². The Labute approximate surface area is 77.5 Å². The van der Waals surface area contributed by atoms with E-state index in [0.717, 1.165) is 0 Å². The van der Waals surface area contributed by atoms with Crippen molar-refractivity contribution in [2.75, 3.05) is 6.61 Å². The average Bonchev–Trinajstić information content (AvgIpc) is 1.99. The summed E-state index contributed by atoms with van der Waals surface area (Å²) in [6, 6.07) is 0. The second kappa shape index (κ2) is 5.35. The topological polar surface area (TPSA) is 52.6 Å². The number of rotatable bonds is 3. The second-order valence-corrected chi connectivity index (χ2v) is 2.64. The molecule has 0 saturated heterocycles. The molecule has 0 radical (unpaired) electrons. The summed E-state index contributed by atoms with van der Waals surface area (Å²) < 4.78 is 9.38. The quantitative estimate of drug-likeness (QED) is 0.380. The predicted molar refractivity (Wildman–Crippen MR) is 46.8 cm³/mol. The molecule has 0 aromatic carbocycles. The summed E-state index contributed by atoms with van der Waals surface area (Å²) in [6.45, 7) is 6.54. The van der Waals surface area contributed by atoms with Gasteiger partial charge in [0.1, 0.15) is 0 Å². The molecule has 0 fully saturated rings. The van der Waals surface area contributed by atoms with Crippen LogP contribution in [-0.2, 0) is 19.1 Å². The molecule has 0 atom stereocenters. The van der Waals surface area contributed by atoms with Crippen molar-refractivity contribution in [3.05, 3.63) is 11.3 Å². The van der Waals surface area contributed by atoms with Crippen molar-refractivity contribution in [3.8, 4) is 0 Å². The van der Waals surface area contributed by atoms with E-state index in [1.807, 2.05) is 0 Å². The summed E-state index contributed by atoms with van der Waals surface area (Å²) in [5, 5.41) is 0. The molecule has 4 nitrogen and oxygen atoms in total. The van der Waals surface area contributed by atoms with Crippen molar-refractivity contribution in [2.45, 2.75) is 27.7 Å². The molecule has 0 aliphatic rings. The van der Waals surface area contributed by atoms with E-state index in [1.165, 1.54) is 6.92 Å². The van der Waals surface area contributed by atoms with Gasteiger partial charge in [-0.3, -0.25) is 4.79 Å². The van der Waals surface area contributed by atoms with Crippen molar-refractivity contribution in [1.82, 2.24) is 0 Å². The van der Waals surface area contributed by atoms with E-state index in [0.29, 0.717) is 5.57 Å². The van der Waals surface area contributed by atoms with Crippen molar-refractivity contribution < 1.29 is 19.1 Å². The van der Waals surface area contributed by atoms with E-state index in [9.17, 15) is 9.59 Å². The molecule has 0 bridgehead atoms. The maximum Gasteiger partial charge on any atom is 0.374 e. The normalized spacial score (nSPS) is 8.92. The number of hydrogen-bond acceptors (Lipinski definition) is 4. The molecule has 13 heavy (non-hydrogen) atoms. The minimum Gasteiger partial charge on any atom is -0.460 e. The zero-order chi connectivity index (χ0) is 10.4. The zero-order valence-electron chi connectivity index (χ0n) is 8.34. The van der Waals surface area contributed by atoms with Gasteiger partial charge in [-0.05, 0) is 26.3 Å². The Morgan fingerprint density at radius 1 is 1.15 bits per heavy atom. The summed E-state index contributed by atoms with van der Waals surface area (Å²) in [5.41, 5.74) is 0.619. The molecule has 0 heterocycles. The van der Waals surface area contributed by atoms with Crippen molar-refractivity contribution in [3.63, 3.8) is 0 Å². The van der Waals surface area contributed by atoms with Crippen LogP contribution in [0.15, 0.2) is 11.3 Å². The summed E-state index contributed by atoms with van der Waals surface area (Å²) >= 11 is 0. The fourth-order valence-corrected chi connectivity index (χ4v) is 0.688. The first kappa shape index (κ1) is 11.7. The van der Waals surface area contributed by atoms with Gasteiger partial charge in [0.25, 0.3) is 0 Å². The molecular formula is C9H14O4. The van der Waals surface area contributed by atoms with Crippen molar-refractivity contribution in [2.24, 2.45) is 0 Å². The predicted octanol–water partition coefficient (Wildman–Crippen LogP) is 1.41. The van der Waals surface area contributed by atoms with Gasteiger partial charge < -0.3 is 9.47 Å². The Kier molecular flexibility index (Phi) is 4.80. The van der Waals surface area contributed by atoms with Crippen LogP contribution < -0.4 is 0 Å². The van der Waals surface area contributed by atoms with Gasteiger partial charge >= 0.3 is 11.9 Å². The lowest BCUT2D eigenvalue weighted by Gasteiger charge is -2.07. The first-order valence-corrected chi connectivity index (χ1v) is 4.02. The van der Waals surface area contributed by atoms with Crippen LogP contribution in [0.2, 0.25) is 0 Å². The van der Waals surface area contributed by atoms with Gasteiger partial charge in [0.05, 0.1) is 6.61 Å². The molecule has 4 heteroatoms. The lowest BCUT2D eigenvalue weighted by Crippen LogP contribution is -2.14. The van der Waals surface area contributed by atoms with Gasteiger partial charge in [-0.2, -0.15) is 0 Å². The van der Waals surface area contributed by atoms with E-state index >= 15 is 0 Å². The van der Waals surface area contributed by atoms with Crippen LogP contribution in [-0.4, -0.2) is 18.5 Å². The first-order valence-electron chi connectivity index (χ1n) is 4.02. The van der Waals surface area contributed by atoms with Crippen LogP contribution in [0.4, 0.5) is 0 Å². The molecule has 0 spiro atoms. The van der Waals surface area contributed by atoms with Gasteiger partial charge in [-0.15, -0.1) is 0 Å². The number of carbonyl (C=O) groups is 2. The fraction of sp³-hybridized carbons (Fsp3) is 0.556. The molecule has 74 valence electrons. The highest BCUT2D eigenvalue weighted by Gasteiger charge is 2.15. The third-order valence-electron chi connectivity index (χ3n) is 1.16. The van der Waals surface area contributed by atoms with Gasteiger partial charge in [0, 0.05) is 6.92 Å². The molecule has 0 aromatic heterocycles. The molecule has 0 unspecified atom stereocenters. The number of hydrogen-bond donors (Lipinski definition) is 0. The van der Waals surface area contributed by atoms with Gasteiger partial charge in [-0.25, -0.2) is 4.79 Å². The van der Waals surface area contributed by atoms with Crippen LogP contribution >= 0.6 is 0 Å². The minimum atomic E-state index is -0.599. The van der Waals surface area contributed by atoms with Crippen LogP contribution in [0, 0.1) is 0 Å². The molecular weight excluding hydrogens is 172 g/mol. The first-order chi connectivity index (χ1) is 5.99. The van der Waals surface area contributed by atoms with Crippen molar-refractivity contribution >= 4 is 11.9 Å².